The van der Waals surface area contributed by atoms with Crippen LogP contribution >= 0.6 is 35.6 Å². The summed E-state index contributed by atoms with van der Waals surface area (Å²) in [7, 11) is 9.81. The molecule has 51 heavy (non-hydrogen) atoms. The first-order chi connectivity index (χ1) is 24.7. The molecule has 1 aliphatic rings. The molecule has 3 aromatic carbocycles. The fraction of sp³-hybridized carbons (Fsp3) is 0.421. The summed E-state index contributed by atoms with van der Waals surface area (Å²) in [5.74, 6) is 3.20. The molecule has 4 aromatic rings. The molecule has 0 bridgehead atoms. The number of rotatable bonds is 15. The van der Waals surface area contributed by atoms with Crippen LogP contribution in [0.2, 0.25) is 5.02 Å². The molecule has 10 nitrogen and oxygen atoms in total. The summed E-state index contributed by atoms with van der Waals surface area (Å²) in [5.41, 5.74) is 1.67. The van der Waals surface area contributed by atoms with Crippen molar-refractivity contribution >= 4 is 50.9 Å². The van der Waals surface area contributed by atoms with Crippen molar-refractivity contribution in [3.8, 4) is 45.8 Å². The Morgan fingerprint density at radius 2 is 1.57 bits per heavy atom. The third kappa shape index (κ3) is 9.15. The van der Waals surface area contributed by atoms with Gasteiger partial charge in [0.15, 0.2) is 17.3 Å². The summed E-state index contributed by atoms with van der Waals surface area (Å²) in [4.78, 5) is 18.8. The van der Waals surface area contributed by atoms with Crippen LogP contribution in [0.3, 0.4) is 0 Å². The van der Waals surface area contributed by atoms with Crippen molar-refractivity contribution in [3.05, 3.63) is 69.3 Å². The first-order valence-corrected chi connectivity index (χ1v) is 18.5. The minimum absolute atomic E-state index is 0.0749. The molecule has 0 atom stereocenters. The van der Waals surface area contributed by atoms with Crippen LogP contribution in [0.4, 0.5) is 0 Å². The van der Waals surface area contributed by atoms with Gasteiger partial charge in [0, 0.05) is 47.6 Å². The number of thioether (sulfide) groups is 1. The maximum absolute atomic E-state index is 14.1. The molecular weight excluding hydrogens is 712 g/mol. The number of benzene rings is 3. The lowest BCUT2D eigenvalue weighted by molar-refractivity contribution is 0.161. The first-order valence-electron chi connectivity index (χ1n) is 16.7. The van der Waals surface area contributed by atoms with Crippen LogP contribution in [0, 0.1) is 0 Å². The topological polar surface area (TPSA) is 92.1 Å². The highest BCUT2D eigenvalue weighted by molar-refractivity contribution is 8.22. The molecule has 1 aliphatic heterocycles. The van der Waals surface area contributed by atoms with E-state index in [1.807, 2.05) is 24.3 Å². The van der Waals surface area contributed by atoms with E-state index in [0.717, 1.165) is 60.4 Å². The number of methoxy groups -OCH3 is 5. The van der Waals surface area contributed by atoms with E-state index < -0.39 is 0 Å². The molecule has 274 valence electrons. The predicted molar refractivity (Wildman–Crippen MR) is 208 cm³/mol. The van der Waals surface area contributed by atoms with E-state index in [4.69, 9.17) is 56.7 Å². The largest absolute Gasteiger partial charge is 0.496 e. The molecule has 1 aromatic heterocycles. The molecule has 2 heterocycles. The van der Waals surface area contributed by atoms with Crippen LogP contribution in [0.1, 0.15) is 31.2 Å². The second-order valence-corrected chi connectivity index (χ2v) is 14.2. The zero-order valence-electron chi connectivity index (χ0n) is 29.9. The minimum atomic E-state index is -0.354. The van der Waals surface area contributed by atoms with E-state index in [-0.39, 0.29) is 22.3 Å². The number of thiocarbonyl (C=S) groups is 1. The number of unbranched alkanes of at least 4 members (excludes halogenated alkanes) is 1. The number of piperidine rings is 1. The van der Waals surface area contributed by atoms with Crippen LogP contribution in [0.15, 0.2) is 57.7 Å². The maximum Gasteiger partial charge on any atom is 0.239 e. The summed E-state index contributed by atoms with van der Waals surface area (Å²) < 4.78 is 41.3. The van der Waals surface area contributed by atoms with Crippen LogP contribution < -0.4 is 33.8 Å². The summed E-state index contributed by atoms with van der Waals surface area (Å²) in [6.45, 7) is 3.11. The Morgan fingerprint density at radius 3 is 2.18 bits per heavy atom. The Kier molecular flexibility index (Phi) is 13.6. The monoisotopic (exact) mass is 756 g/mol. The van der Waals surface area contributed by atoms with Crippen molar-refractivity contribution in [3.63, 3.8) is 0 Å². The van der Waals surface area contributed by atoms with Crippen molar-refractivity contribution in [2.45, 2.75) is 37.5 Å². The zero-order chi connectivity index (χ0) is 36.5. The fourth-order valence-electron chi connectivity index (χ4n) is 6.18. The fourth-order valence-corrected chi connectivity index (χ4v) is 7.51. The van der Waals surface area contributed by atoms with E-state index in [9.17, 15) is 4.79 Å². The molecule has 13 heteroatoms. The Morgan fingerprint density at radius 1 is 0.902 bits per heavy atom. The third-order valence-electron chi connectivity index (χ3n) is 9.05. The Bertz CT molecular complexity index is 1840. The number of hydrogen-bond donors (Lipinski definition) is 0. The quantitative estimate of drug-likeness (QED) is 0.0872. The van der Waals surface area contributed by atoms with Crippen LogP contribution in [-0.2, 0) is 5.75 Å². The van der Waals surface area contributed by atoms with E-state index in [1.165, 1.54) is 41.1 Å². The molecule has 0 amide bonds. The second-order valence-electron chi connectivity index (χ2n) is 12.1. The molecule has 5 rings (SSSR count). The summed E-state index contributed by atoms with van der Waals surface area (Å²) in [6.07, 6.45) is 3.74. The highest BCUT2D eigenvalue weighted by atomic mass is 35.5. The highest BCUT2D eigenvalue weighted by Gasteiger charge is 2.26. The Labute approximate surface area is 313 Å². The molecule has 0 spiro atoms. The van der Waals surface area contributed by atoms with Crippen molar-refractivity contribution in [1.82, 2.24) is 9.80 Å². The van der Waals surface area contributed by atoms with Gasteiger partial charge in [-0.2, -0.15) is 0 Å². The van der Waals surface area contributed by atoms with Gasteiger partial charge in [-0.25, -0.2) is 0 Å². The lowest BCUT2D eigenvalue weighted by Crippen LogP contribution is -2.44. The van der Waals surface area contributed by atoms with Gasteiger partial charge in [-0.1, -0.05) is 47.7 Å². The SMILES string of the molecule is COc1cc(OC)c2c(=O)c(OCCCCN(C)C3CCN(C(=S)SCc4ccc(Cl)cc4)CC3)c(-c3cc(OC)c(OC)c(OC)c3)oc2c1. The Hall–Kier alpha value is -3.84. The molecule has 1 fully saturated rings. The lowest BCUT2D eigenvalue weighted by Gasteiger charge is -2.37. The number of halogens is 1. The first kappa shape index (κ1) is 38.4. The molecular formula is C38H45ClN2O8S2. The lowest BCUT2D eigenvalue weighted by atomic mass is 10.0. The van der Waals surface area contributed by atoms with Gasteiger partial charge in [-0.3, -0.25) is 4.79 Å². The summed E-state index contributed by atoms with van der Waals surface area (Å²) >= 11 is 13.5. The van der Waals surface area contributed by atoms with Gasteiger partial charge in [0.25, 0.3) is 0 Å². The van der Waals surface area contributed by atoms with E-state index in [0.29, 0.717) is 52.5 Å². The van der Waals surface area contributed by atoms with Gasteiger partial charge >= 0.3 is 0 Å². The van der Waals surface area contributed by atoms with E-state index >= 15 is 0 Å². The molecule has 0 saturated carbocycles. The van der Waals surface area contributed by atoms with Gasteiger partial charge in [0.1, 0.15) is 26.8 Å². The van der Waals surface area contributed by atoms with Gasteiger partial charge in [-0.15, -0.1) is 0 Å². The molecule has 0 aliphatic carbocycles. The van der Waals surface area contributed by atoms with Gasteiger partial charge in [0.2, 0.25) is 16.9 Å². The van der Waals surface area contributed by atoms with Crippen molar-refractivity contribution < 1.29 is 32.8 Å². The number of hydrogen-bond acceptors (Lipinski definition) is 11. The molecule has 0 N–H and O–H groups in total. The second kappa shape index (κ2) is 18.1. The molecule has 1 saturated heterocycles. The van der Waals surface area contributed by atoms with Gasteiger partial charge < -0.3 is 42.6 Å². The maximum atomic E-state index is 14.1. The number of likely N-dealkylation sites (tertiary alicyclic amines) is 1. The summed E-state index contributed by atoms with van der Waals surface area (Å²) in [5, 5.41) is 1.00. The minimum Gasteiger partial charge on any atom is -0.496 e. The summed E-state index contributed by atoms with van der Waals surface area (Å²) in [6, 6.07) is 15.2. The molecule has 0 radical (unpaired) electrons. The average molecular weight is 757 g/mol. The smallest absolute Gasteiger partial charge is 0.239 e. The van der Waals surface area contributed by atoms with E-state index in [2.05, 4.69) is 16.8 Å². The van der Waals surface area contributed by atoms with E-state index in [1.54, 1.807) is 36.0 Å². The Balaban J connectivity index is 1.23. The third-order valence-corrected chi connectivity index (χ3v) is 10.9. The van der Waals surface area contributed by atoms with Crippen molar-refractivity contribution in [1.29, 1.82) is 0 Å². The number of fused-ring (bicyclic) bond motifs is 1. The predicted octanol–water partition coefficient (Wildman–Crippen LogP) is 7.93. The average Bonchev–Trinajstić information content (AvgIpc) is 3.16. The van der Waals surface area contributed by atoms with Crippen LogP contribution in [0.5, 0.6) is 34.5 Å². The normalized spacial score (nSPS) is 13.4. The standard InChI is InChI=1S/C38H45ClN2O8S2/c1-40(27-13-16-41(17-14-27)38(50)51-23-24-9-11-26(39)12-10-24)15-7-8-18-48-37-34(42)33-29(44-3)21-28(43-2)22-30(33)49-35(37)25-19-31(45-4)36(47-6)32(20-25)46-5/h9-12,19-22,27H,7-8,13-18,23H2,1-6H3. The van der Waals surface area contributed by atoms with Crippen molar-refractivity contribution in [2.75, 3.05) is 68.8 Å². The number of nitrogens with zero attached hydrogens (tertiary/aromatic N) is 2. The van der Waals surface area contributed by atoms with Crippen molar-refractivity contribution in [2.24, 2.45) is 0 Å². The van der Waals surface area contributed by atoms with Gasteiger partial charge in [-0.05, 0) is 69.1 Å². The highest BCUT2D eigenvalue weighted by Crippen LogP contribution is 2.44. The van der Waals surface area contributed by atoms with Gasteiger partial charge in [0.05, 0.1) is 42.2 Å². The number of ether oxygens (including phenoxy) is 6. The molecule has 0 unspecified atom stereocenters. The van der Waals surface area contributed by atoms with Crippen LogP contribution in [-0.4, -0.2) is 89.0 Å². The zero-order valence-corrected chi connectivity index (χ0v) is 32.3. The van der Waals surface area contributed by atoms with Crippen LogP contribution in [0.25, 0.3) is 22.3 Å².